The third-order valence-corrected chi connectivity index (χ3v) is 3.98. The van der Waals surface area contributed by atoms with Crippen molar-refractivity contribution in [3.8, 4) is 5.75 Å². The van der Waals surface area contributed by atoms with Crippen molar-refractivity contribution in [3.05, 3.63) is 57.3 Å². The Hall–Kier alpha value is -1.55. The molecule has 21 heavy (non-hydrogen) atoms. The summed E-state index contributed by atoms with van der Waals surface area (Å²) in [6.45, 7) is 6.00. The van der Waals surface area contributed by atoms with E-state index in [1.165, 1.54) is 6.07 Å². The Balaban J connectivity index is 2.37. The summed E-state index contributed by atoms with van der Waals surface area (Å²) < 4.78 is 20.4. The predicted octanol–water partition coefficient (Wildman–Crippen LogP) is 5.39. The first-order valence-corrected chi connectivity index (χ1v) is 7.59. The van der Waals surface area contributed by atoms with Gasteiger partial charge in [-0.2, -0.15) is 0 Å². The number of aryl methyl sites for hydroxylation is 2. The molecule has 1 unspecified atom stereocenters. The van der Waals surface area contributed by atoms with Crippen LogP contribution in [0, 0.1) is 19.7 Å². The smallest absolute Gasteiger partial charge is 0.132 e. The van der Waals surface area contributed by atoms with Crippen LogP contribution in [-0.4, -0.2) is 7.11 Å². The average molecular weight is 352 g/mol. The van der Waals surface area contributed by atoms with Crippen molar-refractivity contribution in [1.82, 2.24) is 0 Å². The van der Waals surface area contributed by atoms with Gasteiger partial charge in [0.25, 0.3) is 0 Å². The van der Waals surface area contributed by atoms with Gasteiger partial charge in [0, 0.05) is 10.2 Å². The van der Waals surface area contributed by atoms with E-state index < -0.39 is 0 Å². The molecule has 0 spiro atoms. The number of halogens is 2. The molecule has 2 nitrogen and oxygen atoms in total. The summed E-state index contributed by atoms with van der Waals surface area (Å²) in [6, 6.07) is 8.77. The molecule has 0 radical (unpaired) electrons. The van der Waals surface area contributed by atoms with Gasteiger partial charge in [0.2, 0.25) is 0 Å². The first-order chi connectivity index (χ1) is 9.93. The third-order valence-electron chi connectivity index (χ3n) is 3.52. The molecule has 4 heteroatoms. The molecule has 0 bridgehead atoms. The second kappa shape index (κ2) is 6.48. The van der Waals surface area contributed by atoms with E-state index in [4.69, 9.17) is 4.74 Å². The van der Waals surface area contributed by atoms with Crippen LogP contribution in [0.4, 0.5) is 10.1 Å². The van der Waals surface area contributed by atoms with Crippen molar-refractivity contribution < 1.29 is 9.13 Å². The average Bonchev–Trinajstić information content (AvgIpc) is 2.42. The zero-order valence-corrected chi connectivity index (χ0v) is 14.2. The van der Waals surface area contributed by atoms with Crippen LogP contribution >= 0.6 is 15.9 Å². The Morgan fingerprint density at radius 1 is 1.19 bits per heavy atom. The fourth-order valence-corrected chi connectivity index (χ4v) is 3.23. The van der Waals surface area contributed by atoms with Crippen molar-refractivity contribution in [1.29, 1.82) is 0 Å². The number of nitrogens with one attached hydrogen (secondary N) is 1. The van der Waals surface area contributed by atoms with Crippen molar-refractivity contribution in [2.24, 2.45) is 0 Å². The highest BCUT2D eigenvalue weighted by atomic mass is 79.9. The second-order valence-electron chi connectivity index (χ2n) is 5.14. The van der Waals surface area contributed by atoms with Gasteiger partial charge in [-0.3, -0.25) is 0 Å². The number of anilines is 1. The summed E-state index contributed by atoms with van der Waals surface area (Å²) in [4.78, 5) is 0. The normalized spacial score (nSPS) is 12.1. The number of hydrogen-bond donors (Lipinski definition) is 1. The lowest BCUT2D eigenvalue weighted by Gasteiger charge is -2.22. The van der Waals surface area contributed by atoms with Crippen molar-refractivity contribution in [2.75, 3.05) is 12.4 Å². The van der Waals surface area contributed by atoms with Crippen LogP contribution in [0.15, 0.2) is 34.8 Å². The fraction of sp³-hybridized carbons (Fsp3) is 0.294. The zero-order chi connectivity index (χ0) is 15.6. The third kappa shape index (κ3) is 3.38. The van der Waals surface area contributed by atoms with Crippen molar-refractivity contribution in [2.45, 2.75) is 26.8 Å². The van der Waals surface area contributed by atoms with Crippen molar-refractivity contribution >= 4 is 21.6 Å². The van der Waals surface area contributed by atoms with Gasteiger partial charge in [0.15, 0.2) is 0 Å². The van der Waals surface area contributed by atoms with Crippen LogP contribution in [0.5, 0.6) is 5.75 Å². The predicted molar refractivity (Wildman–Crippen MR) is 88.6 cm³/mol. The molecule has 0 saturated carbocycles. The van der Waals surface area contributed by atoms with E-state index in [1.54, 1.807) is 19.2 Å². The highest BCUT2D eigenvalue weighted by Gasteiger charge is 2.17. The minimum Gasteiger partial charge on any atom is -0.496 e. The topological polar surface area (TPSA) is 21.3 Å². The fourth-order valence-electron chi connectivity index (χ4n) is 2.54. The lowest BCUT2D eigenvalue weighted by molar-refractivity contribution is 0.402. The van der Waals surface area contributed by atoms with E-state index in [0.717, 1.165) is 21.3 Å². The van der Waals surface area contributed by atoms with Gasteiger partial charge in [-0.05, 0) is 56.2 Å². The lowest BCUT2D eigenvalue weighted by atomic mass is 10.0. The minimum absolute atomic E-state index is 0.195. The van der Waals surface area contributed by atoms with Crippen molar-refractivity contribution in [3.63, 3.8) is 0 Å². The Morgan fingerprint density at radius 2 is 1.81 bits per heavy atom. The summed E-state index contributed by atoms with van der Waals surface area (Å²) in [7, 11) is 1.56. The van der Waals surface area contributed by atoms with E-state index >= 15 is 0 Å². The first kappa shape index (κ1) is 15.8. The van der Waals surface area contributed by atoms with Gasteiger partial charge in [-0.1, -0.05) is 22.0 Å². The van der Waals surface area contributed by atoms with E-state index in [0.29, 0.717) is 11.3 Å². The maximum absolute atomic E-state index is 14.1. The molecule has 0 aliphatic heterocycles. The van der Waals surface area contributed by atoms with Crippen LogP contribution in [0.3, 0.4) is 0 Å². The van der Waals surface area contributed by atoms with Crippen LogP contribution in [-0.2, 0) is 0 Å². The molecule has 2 aromatic rings. The first-order valence-electron chi connectivity index (χ1n) is 6.79. The molecule has 0 saturated heterocycles. The molecule has 0 aliphatic rings. The van der Waals surface area contributed by atoms with Crippen LogP contribution in [0.1, 0.15) is 29.7 Å². The van der Waals surface area contributed by atoms with Gasteiger partial charge < -0.3 is 10.1 Å². The number of hydrogen-bond acceptors (Lipinski definition) is 2. The van der Waals surface area contributed by atoms with Gasteiger partial charge in [0.05, 0.1) is 18.7 Å². The molecule has 0 amide bonds. The highest BCUT2D eigenvalue weighted by molar-refractivity contribution is 9.10. The largest absolute Gasteiger partial charge is 0.496 e. The molecule has 0 aromatic heterocycles. The molecule has 0 heterocycles. The molecular formula is C17H19BrFNO. The summed E-state index contributed by atoms with van der Waals surface area (Å²) in [5.41, 5.74) is 3.80. The lowest BCUT2D eigenvalue weighted by Crippen LogP contribution is -2.12. The van der Waals surface area contributed by atoms with E-state index in [1.807, 2.05) is 32.9 Å². The number of benzene rings is 2. The quantitative estimate of drug-likeness (QED) is 0.797. The monoisotopic (exact) mass is 351 g/mol. The van der Waals surface area contributed by atoms with Crippen LogP contribution in [0.25, 0.3) is 0 Å². The maximum atomic E-state index is 14.1. The van der Waals surface area contributed by atoms with Gasteiger partial charge in [-0.25, -0.2) is 4.39 Å². The molecule has 1 N–H and O–H groups in total. The van der Waals surface area contributed by atoms with Gasteiger partial charge in [-0.15, -0.1) is 0 Å². The van der Waals surface area contributed by atoms with Gasteiger partial charge >= 0.3 is 0 Å². The van der Waals surface area contributed by atoms with E-state index in [2.05, 4.69) is 21.2 Å². The Bertz CT molecular complexity index is 634. The van der Waals surface area contributed by atoms with Crippen LogP contribution < -0.4 is 10.1 Å². The second-order valence-corrected chi connectivity index (χ2v) is 6.05. The number of ether oxygens (including phenoxy) is 1. The standard InChI is InChI=1S/C17H19BrFNO/c1-10-8-13(18)9-11(2)17(10)20-12(3)16-14(19)6-5-7-15(16)21-4/h5-9,12,20H,1-4H3. The molecule has 2 rings (SSSR count). The van der Waals surface area contributed by atoms with Crippen LogP contribution in [0.2, 0.25) is 0 Å². The Morgan fingerprint density at radius 3 is 2.38 bits per heavy atom. The molecule has 112 valence electrons. The number of rotatable bonds is 4. The molecule has 1 atom stereocenters. The summed E-state index contributed by atoms with van der Waals surface area (Å²) in [5.74, 6) is 0.296. The Kier molecular flexibility index (Phi) is 4.88. The minimum atomic E-state index is -0.262. The molecule has 2 aromatic carbocycles. The summed E-state index contributed by atoms with van der Waals surface area (Å²) >= 11 is 3.48. The maximum Gasteiger partial charge on any atom is 0.132 e. The van der Waals surface area contributed by atoms with E-state index in [-0.39, 0.29) is 11.9 Å². The summed E-state index contributed by atoms with van der Waals surface area (Å²) in [6.07, 6.45) is 0. The SMILES string of the molecule is COc1cccc(F)c1C(C)Nc1c(C)cc(Br)cc1C. The van der Waals surface area contributed by atoms with E-state index in [9.17, 15) is 4.39 Å². The summed E-state index contributed by atoms with van der Waals surface area (Å²) in [5, 5.41) is 3.40. The Labute approximate surface area is 133 Å². The highest BCUT2D eigenvalue weighted by Crippen LogP contribution is 2.33. The molecular weight excluding hydrogens is 333 g/mol. The number of methoxy groups -OCH3 is 1. The zero-order valence-electron chi connectivity index (χ0n) is 12.6. The molecule has 0 aliphatic carbocycles. The van der Waals surface area contributed by atoms with Gasteiger partial charge in [0.1, 0.15) is 11.6 Å². The molecule has 0 fully saturated rings.